The van der Waals surface area contributed by atoms with E-state index in [0.717, 1.165) is 32.6 Å². The van der Waals surface area contributed by atoms with E-state index in [1.165, 1.54) is 25.7 Å². The van der Waals surface area contributed by atoms with Crippen LogP contribution in [0.2, 0.25) is 0 Å². The molecular formula is C13H23N3O. The number of nitrogens with zero attached hydrogens (tertiary/aromatic N) is 1. The van der Waals surface area contributed by atoms with Crippen molar-refractivity contribution >= 4 is 5.91 Å². The molecule has 4 heteroatoms. The van der Waals surface area contributed by atoms with Gasteiger partial charge in [0, 0.05) is 44.7 Å². The Morgan fingerprint density at radius 3 is 2.41 bits per heavy atom. The first kappa shape index (κ1) is 11.5. The van der Waals surface area contributed by atoms with E-state index in [9.17, 15) is 4.79 Å². The summed E-state index contributed by atoms with van der Waals surface area (Å²) in [5.41, 5.74) is 0. The summed E-state index contributed by atoms with van der Waals surface area (Å²) in [5, 5.41) is 6.93. The third-order valence-corrected chi connectivity index (χ3v) is 4.50. The average molecular weight is 237 g/mol. The van der Waals surface area contributed by atoms with E-state index in [0.29, 0.717) is 23.9 Å². The van der Waals surface area contributed by atoms with Gasteiger partial charge in [0.1, 0.15) is 0 Å². The van der Waals surface area contributed by atoms with Crippen LogP contribution in [-0.2, 0) is 4.79 Å². The molecule has 2 atom stereocenters. The molecule has 3 aliphatic rings. The molecule has 3 rings (SSSR count). The number of piperazine rings is 1. The first-order valence-corrected chi connectivity index (χ1v) is 7.06. The van der Waals surface area contributed by atoms with Crippen molar-refractivity contribution in [2.75, 3.05) is 26.2 Å². The Bertz CT molecular complexity index is 276. The molecule has 3 saturated heterocycles. The molecular weight excluding hydrogens is 214 g/mol. The number of fused-ring (bicyclic) bond motifs is 2. The van der Waals surface area contributed by atoms with E-state index in [1.54, 1.807) is 0 Å². The van der Waals surface area contributed by atoms with Crippen LogP contribution in [-0.4, -0.2) is 49.1 Å². The van der Waals surface area contributed by atoms with Gasteiger partial charge in [-0.2, -0.15) is 0 Å². The van der Waals surface area contributed by atoms with Crippen LogP contribution in [0.3, 0.4) is 0 Å². The molecule has 4 nitrogen and oxygen atoms in total. The van der Waals surface area contributed by atoms with E-state index >= 15 is 0 Å². The molecule has 3 fully saturated rings. The molecule has 0 aromatic heterocycles. The maximum Gasteiger partial charge on any atom is 0.222 e. The summed E-state index contributed by atoms with van der Waals surface area (Å²) < 4.78 is 0. The molecule has 2 bridgehead atoms. The van der Waals surface area contributed by atoms with E-state index in [4.69, 9.17) is 0 Å². The van der Waals surface area contributed by atoms with Gasteiger partial charge in [-0.3, -0.25) is 4.79 Å². The smallest absolute Gasteiger partial charge is 0.222 e. The summed E-state index contributed by atoms with van der Waals surface area (Å²) in [6.07, 6.45) is 5.86. The molecule has 0 aliphatic carbocycles. The second-order valence-corrected chi connectivity index (χ2v) is 5.81. The minimum absolute atomic E-state index is 0.387. The molecule has 0 spiro atoms. The van der Waals surface area contributed by atoms with Crippen LogP contribution in [0.4, 0.5) is 0 Å². The second-order valence-electron chi connectivity index (χ2n) is 5.81. The molecule has 2 N–H and O–H groups in total. The quantitative estimate of drug-likeness (QED) is 0.728. The van der Waals surface area contributed by atoms with Gasteiger partial charge in [-0.1, -0.05) is 0 Å². The summed E-state index contributed by atoms with van der Waals surface area (Å²) in [5.74, 6) is 1.02. The van der Waals surface area contributed by atoms with Crippen LogP contribution in [0.25, 0.3) is 0 Å². The number of nitrogens with one attached hydrogen (secondary N) is 2. The van der Waals surface area contributed by atoms with Crippen molar-refractivity contribution < 1.29 is 4.79 Å². The molecule has 0 aromatic carbocycles. The number of amides is 1. The Labute approximate surface area is 103 Å². The fourth-order valence-electron chi connectivity index (χ4n) is 3.63. The molecule has 2 unspecified atom stereocenters. The van der Waals surface area contributed by atoms with Crippen molar-refractivity contribution in [1.82, 2.24) is 15.5 Å². The summed E-state index contributed by atoms with van der Waals surface area (Å²) in [4.78, 5) is 14.2. The standard InChI is InChI=1S/C13H23N3O/c17-13(16-5-3-14-4-6-16)9-10-7-11-1-2-12(8-10)15-11/h10-12,14-15H,1-9H2. The van der Waals surface area contributed by atoms with Crippen LogP contribution < -0.4 is 10.6 Å². The predicted molar refractivity (Wildman–Crippen MR) is 66.7 cm³/mol. The van der Waals surface area contributed by atoms with Gasteiger partial charge in [-0.25, -0.2) is 0 Å². The summed E-state index contributed by atoms with van der Waals surface area (Å²) in [6, 6.07) is 1.41. The van der Waals surface area contributed by atoms with Gasteiger partial charge in [0.25, 0.3) is 0 Å². The third kappa shape index (κ3) is 2.63. The minimum atomic E-state index is 0.387. The van der Waals surface area contributed by atoms with Gasteiger partial charge in [-0.15, -0.1) is 0 Å². The lowest BCUT2D eigenvalue weighted by molar-refractivity contribution is -0.133. The highest BCUT2D eigenvalue weighted by Crippen LogP contribution is 2.32. The lowest BCUT2D eigenvalue weighted by Gasteiger charge is -2.32. The zero-order chi connectivity index (χ0) is 11.7. The summed E-state index contributed by atoms with van der Waals surface area (Å²) >= 11 is 0. The van der Waals surface area contributed by atoms with Crippen molar-refractivity contribution in [2.45, 2.75) is 44.2 Å². The molecule has 3 aliphatic heterocycles. The number of piperidine rings is 1. The van der Waals surface area contributed by atoms with Crippen molar-refractivity contribution in [2.24, 2.45) is 5.92 Å². The Kier molecular flexibility index (Phi) is 3.34. The minimum Gasteiger partial charge on any atom is -0.340 e. The highest BCUT2D eigenvalue weighted by molar-refractivity contribution is 5.76. The molecule has 0 aromatic rings. The summed E-state index contributed by atoms with van der Waals surface area (Å²) in [7, 11) is 0. The first-order chi connectivity index (χ1) is 8.31. The van der Waals surface area contributed by atoms with Gasteiger partial charge in [-0.05, 0) is 31.6 Å². The number of rotatable bonds is 2. The van der Waals surface area contributed by atoms with Crippen LogP contribution in [0.15, 0.2) is 0 Å². The van der Waals surface area contributed by atoms with Gasteiger partial charge in [0.05, 0.1) is 0 Å². The lowest BCUT2D eigenvalue weighted by Crippen LogP contribution is -2.47. The zero-order valence-corrected chi connectivity index (χ0v) is 10.5. The van der Waals surface area contributed by atoms with Crippen molar-refractivity contribution in [3.05, 3.63) is 0 Å². The number of hydrogen-bond donors (Lipinski definition) is 2. The molecule has 3 heterocycles. The van der Waals surface area contributed by atoms with Crippen molar-refractivity contribution in [3.8, 4) is 0 Å². The van der Waals surface area contributed by atoms with Crippen molar-refractivity contribution in [1.29, 1.82) is 0 Å². The predicted octanol–water partition coefficient (Wildman–Crippen LogP) is 0.339. The Hall–Kier alpha value is -0.610. The Balaban J connectivity index is 1.50. The number of carbonyl (C=O) groups is 1. The van der Waals surface area contributed by atoms with Gasteiger partial charge in [0.2, 0.25) is 5.91 Å². The Morgan fingerprint density at radius 2 is 1.76 bits per heavy atom. The molecule has 0 saturated carbocycles. The van der Waals surface area contributed by atoms with E-state index in [1.807, 2.05) is 4.90 Å². The molecule has 96 valence electrons. The Morgan fingerprint density at radius 1 is 1.12 bits per heavy atom. The van der Waals surface area contributed by atoms with Crippen LogP contribution >= 0.6 is 0 Å². The van der Waals surface area contributed by atoms with Gasteiger partial charge < -0.3 is 15.5 Å². The highest BCUT2D eigenvalue weighted by Gasteiger charge is 2.34. The fraction of sp³-hybridized carbons (Fsp3) is 0.923. The average Bonchev–Trinajstić information content (AvgIpc) is 2.70. The van der Waals surface area contributed by atoms with Gasteiger partial charge >= 0.3 is 0 Å². The summed E-state index contributed by atoms with van der Waals surface area (Å²) in [6.45, 7) is 3.72. The molecule has 0 radical (unpaired) electrons. The molecule has 1 amide bonds. The van der Waals surface area contributed by atoms with E-state index in [-0.39, 0.29) is 0 Å². The van der Waals surface area contributed by atoms with E-state index in [2.05, 4.69) is 10.6 Å². The van der Waals surface area contributed by atoms with Crippen LogP contribution in [0, 0.1) is 5.92 Å². The molecule has 17 heavy (non-hydrogen) atoms. The van der Waals surface area contributed by atoms with Crippen molar-refractivity contribution in [3.63, 3.8) is 0 Å². The first-order valence-electron chi connectivity index (χ1n) is 7.06. The highest BCUT2D eigenvalue weighted by atomic mass is 16.2. The second kappa shape index (κ2) is 4.94. The number of hydrogen-bond acceptors (Lipinski definition) is 3. The van der Waals surface area contributed by atoms with Crippen LogP contribution in [0.1, 0.15) is 32.1 Å². The third-order valence-electron chi connectivity index (χ3n) is 4.50. The SMILES string of the molecule is O=C(CC1CC2CCC(C1)N2)N1CCNCC1. The number of carbonyl (C=O) groups excluding carboxylic acids is 1. The topological polar surface area (TPSA) is 44.4 Å². The van der Waals surface area contributed by atoms with Gasteiger partial charge in [0.15, 0.2) is 0 Å². The fourth-order valence-corrected chi connectivity index (χ4v) is 3.63. The zero-order valence-electron chi connectivity index (χ0n) is 10.5. The lowest BCUT2D eigenvalue weighted by atomic mass is 9.89. The monoisotopic (exact) mass is 237 g/mol. The largest absolute Gasteiger partial charge is 0.340 e. The maximum atomic E-state index is 12.2. The van der Waals surface area contributed by atoms with E-state index < -0.39 is 0 Å². The van der Waals surface area contributed by atoms with Crippen LogP contribution in [0.5, 0.6) is 0 Å². The normalized spacial score (nSPS) is 37.2. The maximum absolute atomic E-state index is 12.2.